The largest absolute Gasteiger partial charge is 0.452 e. The van der Waals surface area contributed by atoms with Gasteiger partial charge in [0.2, 0.25) is 0 Å². The maximum atomic E-state index is 12.6. The van der Waals surface area contributed by atoms with Gasteiger partial charge in [0.05, 0.1) is 16.5 Å². The van der Waals surface area contributed by atoms with Crippen molar-refractivity contribution < 1.29 is 14.3 Å². The first-order valence-corrected chi connectivity index (χ1v) is 12.2. The third-order valence-electron chi connectivity index (χ3n) is 6.55. The molecule has 7 nitrogen and oxygen atoms in total. The van der Waals surface area contributed by atoms with Crippen LogP contribution in [0.3, 0.4) is 0 Å². The minimum Gasteiger partial charge on any atom is -0.452 e. The summed E-state index contributed by atoms with van der Waals surface area (Å²) in [6, 6.07) is 25.0. The van der Waals surface area contributed by atoms with Crippen molar-refractivity contribution in [1.29, 1.82) is 0 Å². The number of esters is 1. The lowest BCUT2D eigenvalue weighted by atomic mass is 9.88. The highest BCUT2D eigenvalue weighted by atomic mass is 16.5. The molecule has 0 bridgehead atoms. The highest BCUT2D eigenvalue weighted by molar-refractivity contribution is 5.95. The quantitative estimate of drug-likeness (QED) is 0.386. The number of fused-ring (bicyclic) bond motifs is 2. The number of carbonyl (C=O) groups excluding carboxylic acids is 2. The van der Waals surface area contributed by atoms with Gasteiger partial charge in [-0.05, 0) is 42.2 Å². The average Bonchev–Trinajstić information content (AvgIpc) is 3.39. The zero-order valence-electron chi connectivity index (χ0n) is 19.9. The lowest BCUT2D eigenvalue weighted by molar-refractivity contribution is -0.124. The maximum Gasteiger partial charge on any atom is 0.338 e. The third kappa shape index (κ3) is 5.05. The molecule has 3 aromatic carbocycles. The molecule has 1 aliphatic heterocycles. The summed E-state index contributed by atoms with van der Waals surface area (Å²) in [5.41, 5.74) is 3.01. The number of hydrogen-bond acceptors (Lipinski definition) is 5. The van der Waals surface area contributed by atoms with Crippen LogP contribution in [0.2, 0.25) is 0 Å². The summed E-state index contributed by atoms with van der Waals surface area (Å²) >= 11 is 0. The Balaban J connectivity index is 1.17. The first kappa shape index (κ1) is 23.5. The summed E-state index contributed by atoms with van der Waals surface area (Å²) in [7, 11) is 0. The Hall–Kier alpha value is -4.26. The van der Waals surface area contributed by atoms with E-state index in [0.29, 0.717) is 30.4 Å². The van der Waals surface area contributed by atoms with E-state index in [9.17, 15) is 14.4 Å². The van der Waals surface area contributed by atoms with Crippen LogP contribution in [0.25, 0.3) is 10.9 Å². The van der Waals surface area contributed by atoms with E-state index in [1.807, 2.05) is 36.4 Å². The van der Waals surface area contributed by atoms with Crippen molar-refractivity contribution in [2.24, 2.45) is 0 Å². The normalized spacial score (nSPS) is 12.5. The Morgan fingerprint density at radius 3 is 2.36 bits per heavy atom. The standard InChI is InChI=1S/C29H27N3O4/c33-27(30-16-15-23(20-8-3-1-4-9-20)21-10-5-2-6-11-21)19-36-29(35)22-13-14-24-25(18-22)31-26-12-7-17-32(26)28(24)34/h1-6,8-11,13-14,18,23H,7,12,15-17,19H2,(H,30,33). The van der Waals surface area contributed by atoms with E-state index in [4.69, 9.17) is 4.74 Å². The molecule has 4 aromatic rings. The van der Waals surface area contributed by atoms with Crippen molar-refractivity contribution in [2.75, 3.05) is 13.2 Å². The number of rotatable bonds is 8. The van der Waals surface area contributed by atoms with Crippen molar-refractivity contribution in [2.45, 2.75) is 31.7 Å². The number of aryl methyl sites for hydroxylation is 1. The van der Waals surface area contributed by atoms with Crippen LogP contribution in [0.15, 0.2) is 83.7 Å². The third-order valence-corrected chi connectivity index (χ3v) is 6.55. The Morgan fingerprint density at radius 1 is 0.972 bits per heavy atom. The molecule has 0 spiro atoms. The minimum absolute atomic E-state index is 0.0869. The molecule has 2 heterocycles. The topological polar surface area (TPSA) is 90.3 Å². The van der Waals surface area contributed by atoms with Gasteiger partial charge in [-0.2, -0.15) is 0 Å². The number of hydrogen-bond donors (Lipinski definition) is 1. The average molecular weight is 482 g/mol. The monoisotopic (exact) mass is 481 g/mol. The second-order valence-electron chi connectivity index (χ2n) is 8.91. The molecule has 0 saturated heterocycles. The number of ether oxygens (including phenoxy) is 1. The van der Waals surface area contributed by atoms with E-state index < -0.39 is 5.97 Å². The fourth-order valence-corrected chi connectivity index (χ4v) is 4.73. The Bertz CT molecular complexity index is 1410. The van der Waals surface area contributed by atoms with Gasteiger partial charge < -0.3 is 10.1 Å². The predicted molar refractivity (Wildman–Crippen MR) is 137 cm³/mol. The summed E-state index contributed by atoms with van der Waals surface area (Å²) < 4.78 is 6.91. The van der Waals surface area contributed by atoms with Gasteiger partial charge in [0.15, 0.2) is 6.61 Å². The number of carbonyl (C=O) groups is 2. The molecule has 36 heavy (non-hydrogen) atoms. The van der Waals surface area contributed by atoms with Crippen LogP contribution < -0.4 is 10.9 Å². The highest BCUT2D eigenvalue weighted by Gasteiger charge is 2.18. The second kappa shape index (κ2) is 10.6. The Labute approximate surface area is 208 Å². The van der Waals surface area contributed by atoms with Crippen molar-refractivity contribution >= 4 is 22.8 Å². The summed E-state index contributed by atoms with van der Waals surface area (Å²) in [6.07, 6.45) is 2.35. The van der Waals surface area contributed by atoms with Crippen LogP contribution in [-0.2, 0) is 22.5 Å². The Kier molecular flexibility index (Phi) is 6.89. The van der Waals surface area contributed by atoms with Crippen LogP contribution in [0.1, 0.15) is 46.1 Å². The van der Waals surface area contributed by atoms with E-state index in [1.54, 1.807) is 16.7 Å². The van der Waals surface area contributed by atoms with Gasteiger partial charge in [-0.1, -0.05) is 60.7 Å². The maximum absolute atomic E-state index is 12.6. The molecule has 7 heteroatoms. The number of nitrogens with one attached hydrogen (secondary N) is 1. The van der Waals surface area contributed by atoms with E-state index >= 15 is 0 Å². The lowest BCUT2D eigenvalue weighted by Crippen LogP contribution is -2.30. The van der Waals surface area contributed by atoms with Crippen molar-refractivity contribution in [3.63, 3.8) is 0 Å². The van der Waals surface area contributed by atoms with Gasteiger partial charge >= 0.3 is 5.97 Å². The number of amides is 1. The lowest BCUT2D eigenvalue weighted by Gasteiger charge is -2.18. The first-order valence-electron chi connectivity index (χ1n) is 12.2. The number of benzene rings is 3. The van der Waals surface area contributed by atoms with Gasteiger partial charge in [0, 0.05) is 25.4 Å². The van der Waals surface area contributed by atoms with Crippen LogP contribution in [0, 0.1) is 0 Å². The van der Waals surface area contributed by atoms with E-state index in [2.05, 4.69) is 34.6 Å². The smallest absolute Gasteiger partial charge is 0.338 e. The van der Waals surface area contributed by atoms with Gasteiger partial charge in [0.1, 0.15) is 5.82 Å². The molecule has 0 aliphatic carbocycles. The molecule has 182 valence electrons. The van der Waals surface area contributed by atoms with Crippen molar-refractivity contribution in [1.82, 2.24) is 14.9 Å². The van der Waals surface area contributed by atoms with Gasteiger partial charge in [-0.25, -0.2) is 9.78 Å². The fourth-order valence-electron chi connectivity index (χ4n) is 4.73. The molecular weight excluding hydrogens is 454 g/mol. The molecule has 0 atom stereocenters. The van der Waals surface area contributed by atoms with Gasteiger partial charge in [-0.3, -0.25) is 14.2 Å². The molecule has 0 saturated carbocycles. The van der Waals surface area contributed by atoms with Gasteiger partial charge in [0.25, 0.3) is 11.5 Å². The van der Waals surface area contributed by atoms with E-state index in [1.165, 1.54) is 17.2 Å². The molecule has 0 unspecified atom stereocenters. The Morgan fingerprint density at radius 2 is 1.67 bits per heavy atom. The van der Waals surface area contributed by atoms with Crippen molar-refractivity contribution in [3.05, 3.63) is 112 Å². The summed E-state index contributed by atoms with van der Waals surface area (Å²) in [5.74, 6) is -0.105. The number of aromatic nitrogens is 2. The van der Waals surface area contributed by atoms with Gasteiger partial charge in [-0.15, -0.1) is 0 Å². The number of nitrogens with zero attached hydrogens (tertiary/aromatic N) is 2. The molecule has 1 aliphatic rings. The van der Waals surface area contributed by atoms with E-state index in [-0.39, 0.29) is 29.6 Å². The van der Waals surface area contributed by atoms with Crippen LogP contribution in [-0.4, -0.2) is 34.6 Å². The van der Waals surface area contributed by atoms with E-state index in [0.717, 1.165) is 18.7 Å². The molecule has 0 radical (unpaired) electrons. The highest BCUT2D eigenvalue weighted by Crippen LogP contribution is 2.27. The zero-order chi connectivity index (χ0) is 24.9. The molecule has 1 N–H and O–H groups in total. The van der Waals surface area contributed by atoms with Crippen molar-refractivity contribution in [3.8, 4) is 0 Å². The van der Waals surface area contributed by atoms with Crippen LogP contribution in [0.4, 0.5) is 0 Å². The molecule has 5 rings (SSSR count). The summed E-state index contributed by atoms with van der Waals surface area (Å²) in [5, 5.41) is 3.33. The molecule has 0 fully saturated rings. The summed E-state index contributed by atoms with van der Waals surface area (Å²) in [4.78, 5) is 42.1. The minimum atomic E-state index is -0.624. The summed E-state index contributed by atoms with van der Waals surface area (Å²) in [6.45, 7) is 0.742. The first-order chi connectivity index (χ1) is 17.6. The second-order valence-corrected chi connectivity index (χ2v) is 8.91. The molecule has 1 aromatic heterocycles. The zero-order valence-corrected chi connectivity index (χ0v) is 19.9. The van der Waals surface area contributed by atoms with Crippen LogP contribution in [0.5, 0.6) is 0 Å². The van der Waals surface area contributed by atoms with Crippen LogP contribution >= 0.6 is 0 Å². The SMILES string of the molecule is O=C(COC(=O)c1ccc2c(=O)n3c(nc2c1)CCC3)NCCC(c1ccccc1)c1ccccc1. The molecular formula is C29H27N3O4. The molecule has 1 amide bonds. The fraction of sp³-hybridized carbons (Fsp3) is 0.241. The predicted octanol–water partition coefficient (Wildman–Crippen LogP) is 3.84.